The van der Waals surface area contributed by atoms with Crippen molar-refractivity contribution in [3.63, 3.8) is 0 Å². The highest BCUT2D eigenvalue weighted by atomic mass is 16.3. The van der Waals surface area contributed by atoms with Gasteiger partial charge in [-0.15, -0.1) is 0 Å². The number of urea groups is 1. The van der Waals surface area contributed by atoms with Gasteiger partial charge in [-0.1, -0.05) is 18.2 Å². The number of carbonyl (C=O) groups excluding carboxylic acids is 2. The molecule has 3 N–H and O–H groups in total. The molecule has 0 spiro atoms. The van der Waals surface area contributed by atoms with Gasteiger partial charge >= 0.3 is 6.03 Å². The first-order valence-corrected chi connectivity index (χ1v) is 7.10. The minimum atomic E-state index is -0.519. The lowest BCUT2D eigenvalue weighted by Gasteiger charge is -2.30. The van der Waals surface area contributed by atoms with Crippen molar-refractivity contribution in [3.05, 3.63) is 29.8 Å². The van der Waals surface area contributed by atoms with Gasteiger partial charge in [0, 0.05) is 24.8 Å². The lowest BCUT2D eigenvalue weighted by atomic mass is 10.0. The molecule has 1 aromatic rings. The summed E-state index contributed by atoms with van der Waals surface area (Å²) in [5, 5.41) is 14.8. The maximum absolute atomic E-state index is 12.1. The first kappa shape index (κ1) is 15.3. The lowest BCUT2D eigenvalue weighted by Crippen LogP contribution is -2.49. The van der Waals surface area contributed by atoms with E-state index in [9.17, 15) is 14.7 Å². The van der Waals surface area contributed by atoms with Crippen LogP contribution in [-0.4, -0.2) is 36.7 Å². The quantitative estimate of drug-likeness (QED) is 0.764. The molecule has 6 heteroatoms. The molecule has 1 aromatic carbocycles. The molecule has 1 heterocycles. The number of rotatable bonds is 2. The first-order valence-electron chi connectivity index (χ1n) is 7.10. The molecular weight excluding hydrogens is 270 g/mol. The summed E-state index contributed by atoms with van der Waals surface area (Å²) in [6.07, 6.45) is 0.936. The van der Waals surface area contributed by atoms with Gasteiger partial charge in [0.2, 0.25) is 5.91 Å². The van der Waals surface area contributed by atoms with Gasteiger partial charge in [0.25, 0.3) is 0 Å². The van der Waals surface area contributed by atoms with Crippen LogP contribution >= 0.6 is 0 Å². The van der Waals surface area contributed by atoms with Gasteiger partial charge in [0.05, 0.1) is 6.10 Å². The molecule has 21 heavy (non-hydrogen) atoms. The van der Waals surface area contributed by atoms with E-state index in [0.717, 1.165) is 17.7 Å². The van der Waals surface area contributed by atoms with Crippen molar-refractivity contribution in [1.82, 2.24) is 10.6 Å². The fourth-order valence-electron chi connectivity index (χ4n) is 2.58. The van der Waals surface area contributed by atoms with Crippen LogP contribution < -0.4 is 15.5 Å². The number of fused-ring (bicyclic) bond motifs is 1. The molecule has 0 aromatic heterocycles. The molecule has 3 amide bonds. The average molecular weight is 291 g/mol. The van der Waals surface area contributed by atoms with Gasteiger partial charge in [0.1, 0.15) is 6.04 Å². The van der Waals surface area contributed by atoms with Crippen molar-refractivity contribution in [2.45, 2.75) is 31.9 Å². The zero-order chi connectivity index (χ0) is 15.4. The average Bonchev–Trinajstić information content (AvgIpc) is 2.66. The molecule has 1 aliphatic heterocycles. The predicted molar refractivity (Wildman–Crippen MR) is 80.0 cm³/mol. The topological polar surface area (TPSA) is 81.7 Å². The van der Waals surface area contributed by atoms with Crippen LogP contribution in [0.25, 0.3) is 0 Å². The Kier molecular flexibility index (Phi) is 4.80. The van der Waals surface area contributed by atoms with Crippen LogP contribution in [0.5, 0.6) is 0 Å². The number of aliphatic hydroxyl groups is 1. The molecule has 0 saturated heterocycles. The fraction of sp³-hybridized carbons (Fsp3) is 0.467. The summed E-state index contributed by atoms with van der Waals surface area (Å²) in [6, 6.07) is 6.52. The van der Waals surface area contributed by atoms with E-state index >= 15 is 0 Å². The minimum Gasteiger partial charge on any atom is -0.388 e. The van der Waals surface area contributed by atoms with Gasteiger partial charge in [0.15, 0.2) is 0 Å². The van der Waals surface area contributed by atoms with E-state index in [1.54, 1.807) is 6.92 Å². The van der Waals surface area contributed by atoms with Crippen LogP contribution in [-0.2, 0) is 4.79 Å². The molecule has 0 fully saturated rings. The highest BCUT2D eigenvalue weighted by Crippen LogP contribution is 2.33. The summed E-state index contributed by atoms with van der Waals surface area (Å²) in [5.74, 6) is -0.361. The Morgan fingerprint density at radius 3 is 2.81 bits per heavy atom. The smallest absolute Gasteiger partial charge is 0.321 e. The Balaban J connectivity index is 2.24. The number of aliphatic hydroxyl groups excluding tert-OH is 1. The summed E-state index contributed by atoms with van der Waals surface area (Å²) in [6.45, 7) is 2.42. The van der Waals surface area contributed by atoms with Crippen LogP contribution in [0, 0.1) is 0 Å². The number of nitrogens with zero attached hydrogens (tertiary/aromatic N) is 1. The second-order valence-electron chi connectivity index (χ2n) is 5.15. The summed E-state index contributed by atoms with van der Waals surface area (Å²) in [4.78, 5) is 25.3. The zero-order valence-electron chi connectivity index (χ0n) is 12.3. The number of nitrogens with one attached hydrogen (secondary N) is 2. The number of para-hydroxylation sites is 1. The summed E-state index contributed by atoms with van der Waals surface area (Å²) >= 11 is 0. The fourth-order valence-corrected chi connectivity index (χ4v) is 2.58. The van der Waals surface area contributed by atoms with E-state index in [-0.39, 0.29) is 5.91 Å². The van der Waals surface area contributed by atoms with Crippen LogP contribution in [0.15, 0.2) is 24.3 Å². The number of amides is 3. The second-order valence-corrected chi connectivity index (χ2v) is 5.15. The maximum Gasteiger partial charge on any atom is 0.321 e. The monoisotopic (exact) mass is 291 g/mol. The molecule has 2 unspecified atom stereocenters. The van der Waals surface area contributed by atoms with E-state index in [1.807, 2.05) is 29.2 Å². The van der Waals surface area contributed by atoms with Crippen LogP contribution in [0.1, 0.15) is 31.4 Å². The molecule has 0 aliphatic carbocycles. The van der Waals surface area contributed by atoms with E-state index in [1.165, 1.54) is 7.05 Å². The summed E-state index contributed by atoms with van der Waals surface area (Å²) in [7, 11) is 1.46. The van der Waals surface area contributed by atoms with E-state index in [4.69, 9.17) is 0 Å². The van der Waals surface area contributed by atoms with Crippen molar-refractivity contribution in [2.75, 3.05) is 18.5 Å². The van der Waals surface area contributed by atoms with Gasteiger partial charge in [-0.25, -0.2) is 4.79 Å². The number of anilines is 1. The SMILES string of the molecule is CNC(=O)NC(=O)C(C)N1CCCC(O)c2ccccc21. The zero-order valence-corrected chi connectivity index (χ0v) is 12.3. The molecule has 0 saturated carbocycles. The summed E-state index contributed by atoms with van der Waals surface area (Å²) in [5.41, 5.74) is 1.68. The third kappa shape index (κ3) is 3.33. The van der Waals surface area contributed by atoms with Crippen molar-refractivity contribution < 1.29 is 14.7 Å². The van der Waals surface area contributed by atoms with Crippen molar-refractivity contribution in [3.8, 4) is 0 Å². The maximum atomic E-state index is 12.1. The molecule has 1 aliphatic rings. The first-order chi connectivity index (χ1) is 10.0. The Morgan fingerprint density at radius 1 is 1.38 bits per heavy atom. The van der Waals surface area contributed by atoms with Crippen LogP contribution in [0.2, 0.25) is 0 Å². The van der Waals surface area contributed by atoms with E-state index < -0.39 is 18.2 Å². The Morgan fingerprint density at radius 2 is 2.10 bits per heavy atom. The molecule has 2 atom stereocenters. The van der Waals surface area contributed by atoms with E-state index in [2.05, 4.69) is 10.6 Å². The molecule has 6 nitrogen and oxygen atoms in total. The lowest BCUT2D eigenvalue weighted by molar-refractivity contribution is -0.121. The summed E-state index contributed by atoms with van der Waals surface area (Å²) < 4.78 is 0. The Labute approximate surface area is 124 Å². The Hall–Kier alpha value is -2.08. The third-order valence-electron chi connectivity index (χ3n) is 3.79. The van der Waals surface area contributed by atoms with Gasteiger partial charge in [-0.3, -0.25) is 10.1 Å². The highest BCUT2D eigenvalue weighted by molar-refractivity contribution is 5.98. The number of hydrogen-bond acceptors (Lipinski definition) is 4. The second kappa shape index (κ2) is 6.58. The Bertz CT molecular complexity index is 533. The predicted octanol–water partition coefficient (Wildman–Crippen LogP) is 1.16. The molecule has 0 bridgehead atoms. The molecular formula is C15H21N3O3. The van der Waals surface area contributed by atoms with Crippen LogP contribution in [0.3, 0.4) is 0 Å². The number of benzene rings is 1. The van der Waals surface area contributed by atoms with E-state index in [0.29, 0.717) is 13.0 Å². The van der Waals surface area contributed by atoms with Crippen LogP contribution in [0.4, 0.5) is 10.5 Å². The largest absolute Gasteiger partial charge is 0.388 e. The van der Waals surface area contributed by atoms with Gasteiger partial charge in [-0.2, -0.15) is 0 Å². The molecule has 114 valence electrons. The number of imide groups is 1. The normalized spacial score (nSPS) is 19.2. The standard InChI is InChI=1S/C15H21N3O3/c1-10(14(20)17-15(21)16-2)18-9-5-8-13(19)11-6-3-4-7-12(11)18/h3-4,6-7,10,13,19H,5,8-9H2,1-2H3,(H2,16,17,20,21). The van der Waals surface area contributed by atoms with Crippen molar-refractivity contribution >= 4 is 17.6 Å². The minimum absolute atomic E-state index is 0.361. The third-order valence-corrected chi connectivity index (χ3v) is 3.79. The van der Waals surface area contributed by atoms with Gasteiger partial charge < -0.3 is 15.3 Å². The highest BCUT2D eigenvalue weighted by Gasteiger charge is 2.28. The number of carbonyl (C=O) groups is 2. The molecule has 2 rings (SSSR count). The van der Waals surface area contributed by atoms with Crippen molar-refractivity contribution in [1.29, 1.82) is 0 Å². The molecule has 0 radical (unpaired) electrons. The number of hydrogen-bond donors (Lipinski definition) is 3. The van der Waals surface area contributed by atoms with Crippen molar-refractivity contribution in [2.24, 2.45) is 0 Å². The van der Waals surface area contributed by atoms with Gasteiger partial charge in [-0.05, 0) is 25.8 Å².